The van der Waals surface area contributed by atoms with Gasteiger partial charge in [0.15, 0.2) is 0 Å². The van der Waals surface area contributed by atoms with Crippen molar-refractivity contribution in [2.45, 2.75) is 201 Å². The first-order valence-electron chi connectivity index (χ1n) is 16.9. The third kappa shape index (κ3) is 41.1. The molecule has 0 rings (SSSR count). The Morgan fingerprint density at radius 3 is 0.778 bits per heavy atom. The van der Waals surface area contributed by atoms with Gasteiger partial charge in [-0.25, -0.2) is 0 Å². The predicted octanol–water partition coefficient (Wildman–Crippen LogP) is 11.6. The number of hydrogen-bond donors (Lipinski definition) is 2. The van der Waals surface area contributed by atoms with Crippen molar-refractivity contribution in [1.29, 1.82) is 0 Å². The molecule has 0 aliphatic rings. The highest BCUT2D eigenvalue weighted by Crippen LogP contribution is 2.15. The Morgan fingerprint density at radius 1 is 0.333 bits per heavy atom. The molecule has 36 heavy (non-hydrogen) atoms. The second-order valence-corrected chi connectivity index (χ2v) is 11.8. The third-order valence-electron chi connectivity index (χ3n) is 7.45. The molecular formula is C34H72O2. The minimum Gasteiger partial charge on any atom is -0.396 e. The summed E-state index contributed by atoms with van der Waals surface area (Å²) in [6, 6.07) is 0. The first kappa shape index (κ1) is 38.1. The van der Waals surface area contributed by atoms with Crippen LogP contribution in [0.4, 0.5) is 0 Å². The van der Waals surface area contributed by atoms with Gasteiger partial charge in [0.2, 0.25) is 0 Å². The van der Waals surface area contributed by atoms with Crippen LogP contribution in [0.5, 0.6) is 0 Å². The van der Waals surface area contributed by atoms with Crippen LogP contribution in [0.15, 0.2) is 0 Å². The quantitative estimate of drug-likeness (QED) is 0.0978. The lowest BCUT2D eigenvalue weighted by Crippen LogP contribution is -1.87. The van der Waals surface area contributed by atoms with Crippen LogP contribution in [0.1, 0.15) is 201 Å². The lowest BCUT2D eigenvalue weighted by atomic mass is 10.0. The molecule has 0 aromatic carbocycles. The average Bonchev–Trinajstić information content (AvgIpc) is 2.87. The summed E-state index contributed by atoms with van der Waals surface area (Å²) in [5.74, 6) is 0.886. The van der Waals surface area contributed by atoms with Gasteiger partial charge in [0.1, 0.15) is 0 Å². The van der Waals surface area contributed by atoms with E-state index in [2.05, 4.69) is 20.8 Å². The van der Waals surface area contributed by atoms with Gasteiger partial charge in [-0.1, -0.05) is 188 Å². The maximum absolute atomic E-state index is 8.67. The Hall–Kier alpha value is -0.0800. The zero-order valence-electron chi connectivity index (χ0n) is 25.7. The van der Waals surface area contributed by atoms with Crippen LogP contribution in [0.2, 0.25) is 0 Å². The molecule has 0 radical (unpaired) electrons. The minimum absolute atomic E-state index is 0.372. The lowest BCUT2D eigenvalue weighted by molar-refractivity contribution is 0.282. The Labute approximate surface area is 229 Å². The van der Waals surface area contributed by atoms with E-state index in [1.165, 1.54) is 167 Å². The molecule has 0 fully saturated rings. The summed E-state index contributed by atoms with van der Waals surface area (Å²) < 4.78 is 0. The molecule has 0 amide bonds. The van der Waals surface area contributed by atoms with Gasteiger partial charge in [-0.15, -0.1) is 0 Å². The van der Waals surface area contributed by atoms with E-state index in [4.69, 9.17) is 10.2 Å². The average molecular weight is 513 g/mol. The number of aliphatic hydroxyl groups is 2. The Balaban J connectivity index is 0. The van der Waals surface area contributed by atoms with Gasteiger partial charge in [-0.05, 0) is 18.8 Å². The fourth-order valence-electron chi connectivity index (χ4n) is 4.92. The van der Waals surface area contributed by atoms with E-state index in [0.29, 0.717) is 13.2 Å². The van der Waals surface area contributed by atoms with Crippen molar-refractivity contribution in [1.82, 2.24) is 0 Å². The molecule has 0 saturated carbocycles. The van der Waals surface area contributed by atoms with E-state index < -0.39 is 0 Å². The minimum atomic E-state index is 0.372. The van der Waals surface area contributed by atoms with E-state index in [9.17, 15) is 0 Å². The van der Waals surface area contributed by atoms with E-state index in [1.807, 2.05) is 0 Å². The van der Waals surface area contributed by atoms with Crippen LogP contribution >= 0.6 is 0 Å². The Kier molecular flexibility index (Phi) is 39.2. The van der Waals surface area contributed by atoms with Gasteiger partial charge in [-0.2, -0.15) is 0 Å². The zero-order chi connectivity index (χ0) is 26.8. The monoisotopic (exact) mass is 513 g/mol. The highest BCUT2D eigenvalue weighted by atomic mass is 16.3. The molecule has 0 bridgehead atoms. The highest BCUT2D eigenvalue weighted by Gasteiger charge is 1.96. The van der Waals surface area contributed by atoms with Crippen molar-refractivity contribution in [3.05, 3.63) is 0 Å². The summed E-state index contributed by atoms with van der Waals surface area (Å²) in [4.78, 5) is 0. The highest BCUT2D eigenvalue weighted by molar-refractivity contribution is 4.51. The maximum Gasteiger partial charge on any atom is 0.0431 e. The smallest absolute Gasteiger partial charge is 0.0431 e. The van der Waals surface area contributed by atoms with Crippen LogP contribution in [0, 0.1) is 5.92 Å². The van der Waals surface area contributed by atoms with Crippen molar-refractivity contribution in [2.24, 2.45) is 5.92 Å². The molecule has 2 nitrogen and oxygen atoms in total. The van der Waals surface area contributed by atoms with Gasteiger partial charge >= 0.3 is 0 Å². The molecule has 0 saturated heterocycles. The molecule has 0 aliphatic carbocycles. The third-order valence-corrected chi connectivity index (χ3v) is 7.45. The van der Waals surface area contributed by atoms with Crippen molar-refractivity contribution in [3.8, 4) is 0 Å². The Morgan fingerprint density at radius 2 is 0.556 bits per heavy atom. The van der Waals surface area contributed by atoms with Gasteiger partial charge in [0, 0.05) is 13.2 Å². The molecule has 0 atom stereocenters. The molecule has 220 valence electrons. The summed E-state index contributed by atoms with van der Waals surface area (Å²) >= 11 is 0. The summed E-state index contributed by atoms with van der Waals surface area (Å²) in [5.41, 5.74) is 0. The van der Waals surface area contributed by atoms with Crippen LogP contribution in [0.3, 0.4) is 0 Å². The number of aliphatic hydroxyl groups excluding tert-OH is 2. The van der Waals surface area contributed by atoms with Gasteiger partial charge < -0.3 is 10.2 Å². The van der Waals surface area contributed by atoms with Crippen molar-refractivity contribution >= 4 is 0 Å². The first-order valence-corrected chi connectivity index (χ1v) is 16.9. The van der Waals surface area contributed by atoms with Gasteiger partial charge in [-0.3, -0.25) is 0 Å². The SMILES string of the molecule is CC(C)CCCCCCCCCCCCCCCO.CCCCCCCCCCCCCCCCO. The van der Waals surface area contributed by atoms with E-state index in [-0.39, 0.29) is 0 Å². The largest absolute Gasteiger partial charge is 0.396 e. The van der Waals surface area contributed by atoms with Crippen LogP contribution in [-0.2, 0) is 0 Å². The molecule has 0 aromatic rings. The summed E-state index contributed by atoms with van der Waals surface area (Å²) in [6.07, 6.45) is 38.5. The molecule has 2 heteroatoms. The van der Waals surface area contributed by atoms with Gasteiger partial charge in [0.05, 0.1) is 0 Å². The van der Waals surface area contributed by atoms with Crippen molar-refractivity contribution < 1.29 is 10.2 Å². The second-order valence-electron chi connectivity index (χ2n) is 11.8. The summed E-state index contributed by atoms with van der Waals surface area (Å²) in [7, 11) is 0. The standard InChI is InChI=1S/C18H38O.C16H34O/c1-18(2)16-14-12-10-8-6-4-3-5-7-9-11-13-15-17-19;1-2-3-4-5-6-7-8-9-10-11-12-13-14-15-16-17/h18-19H,3-17H2,1-2H3;17H,2-16H2,1H3. The van der Waals surface area contributed by atoms with E-state index >= 15 is 0 Å². The van der Waals surface area contributed by atoms with E-state index in [1.54, 1.807) is 0 Å². The van der Waals surface area contributed by atoms with Crippen LogP contribution in [0.25, 0.3) is 0 Å². The second kappa shape index (κ2) is 37.1. The number of rotatable bonds is 29. The normalized spacial score (nSPS) is 11.2. The topological polar surface area (TPSA) is 40.5 Å². The molecule has 0 aromatic heterocycles. The predicted molar refractivity (Wildman–Crippen MR) is 164 cm³/mol. The molecule has 0 heterocycles. The first-order chi connectivity index (χ1) is 17.7. The van der Waals surface area contributed by atoms with Crippen molar-refractivity contribution in [2.75, 3.05) is 13.2 Å². The summed E-state index contributed by atoms with van der Waals surface area (Å²) in [5, 5.41) is 17.3. The fourth-order valence-corrected chi connectivity index (χ4v) is 4.92. The number of unbranched alkanes of at least 4 members (excludes halogenated alkanes) is 25. The van der Waals surface area contributed by atoms with Crippen LogP contribution < -0.4 is 0 Å². The number of hydrogen-bond acceptors (Lipinski definition) is 2. The Bertz CT molecular complexity index is 328. The summed E-state index contributed by atoms with van der Waals surface area (Å²) in [6.45, 7) is 7.67. The van der Waals surface area contributed by atoms with Gasteiger partial charge in [0.25, 0.3) is 0 Å². The van der Waals surface area contributed by atoms with Crippen LogP contribution in [-0.4, -0.2) is 23.4 Å². The molecule has 0 unspecified atom stereocenters. The molecule has 0 aliphatic heterocycles. The lowest BCUT2D eigenvalue weighted by Gasteiger charge is -2.04. The maximum atomic E-state index is 8.67. The molecule has 2 N–H and O–H groups in total. The fraction of sp³-hybridized carbons (Fsp3) is 1.00. The van der Waals surface area contributed by atoms with Crippen molar-refractivity contribution in [3.63, 3.8) is 0 Å². The van der Waals surface area contributed by atoms with E-state index in [0.717, 1.165) is 18.8 Å². The molecular weight excluding hydrogens is 440 g/mol. The molecule has 0 spiro atoms. The zero-order valence-corrected chi connectivity index (χ0v) is 25.7.